The van der Waals surface area contributed by atoms with Crippen molar-refractivity contribution in [2.24, 2.45) is 11.8 Å². The number of likely N-dealkylation sites (tertiary alicyclic amines) is 1. The van der Waals surface area contributed by atoms with Crippen LogP contribution in [0, 0.1) is 11.8 Å². The number of carbonyl (C=O) groups is 2. The van der Waals surface area contributed by atoms with E-state index in [0.29, 0.717) is 5.92 Å². The van der Waals surface area contributed by atoms with Gasteiger partial charge in [0.25, 0.3) is 6.47 Å². The Morgan fingerprint density at radius 1 is 1.26 bits per heavy atom. The van der Waals surface area contributed by atoms with Crippen molar-refractivity contribution in [1.82, 2.24) is 25.0 Å². The molecule has 2 heterocycles. The zero-order valence-electron chi connectivity index (χ0n) is 18.2. The van der Waals surface area contributed by atoms with E-state index in [2.05, 4.69) is 46.3 Å². The molecule has 1 aromatic carbocycles. The van der Waals surface area contributed by atoms with Crippen molar-refractivity contribution in [3.63, 3.8) is 0 Å². The van der Waals surface area contributed by atoms with Crippen LogP contribution >= 0.6 is 0 Å². The molecule has 0 radical (unpaired) electrons. The van der Waals surface area contributed by atoms with Crippen LogP contribution in [0.5, 0.6) is 0 Å². The predicted octanol–water partition coefficient (Wildman–Crippen LogP) is 2.43. The molecule has 1 aliphatic heterocycles. The van der Waals surface area contributed by atoms with Crippen molar-refractivity contribution in [2.45, 2.75) is 39.8 Å². The van der Waals surface area contributed by atoms with Crippen LogP contribution in [0.15, 0.2) is 42.2 Å². The van der Waals surface area contributed by atoms with Gasteiger partial charge in [-0.25, -0.2) is 9.67 Å². The zero-order chi connectivity index (χ0) is 22.2. The van der Waals surface area contributed by atoms with E-state index in [4.69, 9.17) is 9.90 Å². The van der Waals surface area contributed by atoms with Gasteiger partial charge in [0.1, 0.15) is 12.2 Å². The highest BCUT2D eigenvalue weighted by atomic mass is 16.3. The number of benzene rings is 1. The third-order valence-electron chi connectivity index (χ3n) is 6.04. The van der Waals surface area contributed by atoms with Crippen molar-refractivity contribution in [3.8, 4) is 0 Å². The minimum absolute atomic E-state index is 0.0251. The first-order valence-electron chi connectivity index (χ1n) is 10.8. The van der Waals surface area contributed by atoms with Crippen LogP contribution in [0.1, 0.15) is 38.1 Å². The van der Waals surface area contributed by atoms with Crippen LogP contribution in [-0.4, -0.2) is 56.8 Å². The van der Waals surface area contributed by atoms with Crippen molar-refractivity contribution >= 4 is 18.0 Å². The van der Waals surface area contributed by atoms with Crippen molar-refractivity contribution < 1.29 is 14.7 Å². The molecular formula is C23H31N5O3. The zero-order valence-corrected chi connectivity index (χ0v) is 18.2. The standard InChI is InChI=1S/C22H29N5O.CH2O2/c1-3-27-19(24-15-25-27)14-26-11-9-17(10-12-26)13-23-22(28)21-16(2)20(21)18-7-5-4-6-8-18;2-1-3/h4-8,15,17,21H,3,9-14H2,1-2H3,(H,23,28);1H,(H,2,3). The van der Waals surface area contributed by atoms with Gasteiger partial charge >= 0.3 is 0 Å². The Labute approximate surface area is 183 Å². The number of aromatic nitrogens is 3. The van der Waals surface area contributed by atoms with E-state index in [9.17, 15) is 4.79 Å². The maximum Gasteiger partial charge on any atom is 0.290 e. The number of carboxylic acid groups (broad SMARTS) is 1. The van der Waals surface area contributed by atoms with E-state index < -0.39 is 0 Å². The van der Waals surface area contributed by atoms with Crippen molar-refractivity contribution in [1.29, 1.82) is 0 Å². The number of piperidine rings is 1. The quantitative estimate of drug-likeness (QED) is 0.661. The molecule has 1 aromatic heterocycles. The Bertz CT molecular complexity index is 901. The summed E-state index contributed by atoms with van der Waals surface area (Å²) < 4.78 is 1.96. The van der Waals surface area contributed by atoms with Gasteiger partial charge in [-0.1, -0.05) is 35.9 Å². The van der Waals surface area contributed by atoms with E-state index in [1.54, 1.807) is 6.33 Å². The topological polar surface area (TPSA) is 100 Å². The van der Waals surface area contributed by atoms with Crippen LogP contribution in [0.4, 0.5) is 0 Å². The summed E-state index contributed by atoms with van der Waals surface area (Å²) in [5.74, 6) is 1.74. The molecule has 0 saturated carbocycles. The molecule has 1 fully saturated rings. The third kappa shape index (κ3) is 5.79. The second kappa shape index (κ2) is 10.9. The molecule has 1 aliphatic carbocycles. The molecule has 1 saturated heterocycles. The Hall–Kier alpha value is -3.00. The smallest absolute Gasteiger partial charge is 0.290 e. The van der Waals surface area contributed by atoms with Crippen LogP contribution in [-0.2, 0) is 22.7 Å². The molecule has 31 heavy (non-hydrogen) atoms. The third-order valence-corrected chi connectivity index (χ3v) is 6.04. The number of nitrogens with zero attached hydrogens (tertiary/aromatic N) is 4. The van der Waals surface area contributed by atoms with Gasteiger partial charge in [0, 0.05) is 13.1 Å². The molecule has 2 aliphatic rings. The van der Waals surface area contributed by atoms with Crippen LogP contribution < -0.4 is 5.32 Å². The minimum atomic E-state index is -0.250. The van der Waals surface area contributed by atoms with E-state index >= 15 is 0 Å². The SMILES string of the molecule is CCn1ncnc1CN1CCC(CNC(=O)C2C(C)=C2c2ccccc2)CC1.O=CO. The molecule has 0 bridgehead atoms. The van der Waals surface area contributed by atoms with Crippen LogP contribution in [0.3, 0.4) is 0 Å². The minimum Gasteiger partial charge on any atom is -0.483 e. The highest BCUT2D eigenvalue weighted by molar-refractivity contribution is 6.05. The summed E-state index contributed by atoms with van der Waals surface area (Å²) in [6, 6.07) is 10.2. The number of amides is 1. The Morgan fingerprint density at radius 2 is 1.94 bits per heavy atom. The average molecular weight is 426 g/mol. The molecule has 4 rings (SSSR count). The summed E-state index contributed by atoms with van der Waals surface area (Å²) in [7, 11) is 0. The molecule has 1 amide bonds. The van der Waals surface area contributed by atoms with Crippen molar-refractivity contribution in [2.75, 3.05) is 19.6 Å². The Balaban J connectivity index is 0.000000858. The van der Waals surface area contributed by atoms with Gasteiger partial charge in [-0.15, -0.1) is 0 Å². The largest absolute Gasteiger partial charge is 0.483 e. The number of hydrogen-bond acceptors (Lipinski definition) is 5. The molecule has 8 nitrogen and oxygen atoms in total. The van der Waals surface area contributed by atoms with Gasteiger partial charge in [0.15, 0.2) is 0 Å². The molecule has 1 atom stereocenters. The summed E-state index contributed by atoms with van der Waals surface area (Å²) in [5, 5.41) is 14.3. The fourth-order valence-electron chi connectivity index (χ4n) is 4.24. The van der Waals surface area contributed by atoms with Gasteiger partial charge < -0.3 is 10.4 Å². The molecule has 0 spiro atoms. The fourth-order valence-corrected chi connectivity index (χ4v) is 4.24. The average Bonchev–Trinajstić information content (AvgIpc) is 3.26. The van der Waals surface area contributed by atoms with E-state index in [1.165, 1.54) is 16.7 Å². The van der Waals surface area contributed by atoms with Gasteiger partial charge in [0.2, 0.25) is 5.91 Å². The molecule has 1 unspecified atom stereocenters. The van der Waals surface area contributed by atoms with E-state index in [0.717, 1.165) is 51.4 Å². The maximum atomic E-state index is 12.6. The summed E-state index contributed by atoms with van der Waals surface area (Å²) in [6.45, 7) is 8.51. The Morgan fingerprint density at radius 3 is 2.58 bits per heavy atom. The lowest BCUT2D eigenvalue weighted by Crippen LogP contribution is -2.39. The lowest BCUT2D eigenvalue weighted by molar-refractivity contribution is -0.123. The van der Waals surface area contributed by atoms with E-state index in [-0.39, 0.29) is 18.3 Å². The van der Waals surface area contributed by atoms with Crippen LogP contribution in [0.25, 0.3) is 5.57 Å². The number of rotatable bonds is 7. The first-order chi connectivity index (χ1) is 15.1. The normalized spacial score (nSPS) is 18.8. The number of nitrogens with one attached hydrogen (secondary N) is 1. The highest BCUT2D eigenvalue weighted by Crippen LogP contribution is 2.46. The van der Waals surface area contributed by atoms with Crippen LogP contribution in [0.2, 0.25) is 0 Å². The Kier molecular flexibility index (Phi) is 7.94. The fraction of sp³-hybridized carbons (Fsp3) is 0.478. The molecule has 8 heteroatoms. The molecule has 166 valence electrons. The molecule has 2 N–H and O–H groups in total. The van der Waals surface area contributed by atoms with Crippen molar-refractivity contribution in [3.05, 3.63) is 53.6 Å². The maximum absolute atomic E-state index is 12.6. The van der Waals surface area contributed by atoms with Gasteiger partial charge in [0.05, 0.1) is 12.5 Å². The summed E-state index contributed by atoms with van der Waals surface area (Å²) in [5.41, 5.74) is 3.58. The first kappa shape index (κ1) is 22.7. The van der Waals surface area contributed by atoms with Gasteiger partial charge in [-0.3, -0.25) is 14.5 Å². The predicted molar refractivity (Wildman–Crippen MR) is 118 cm³/mol. The molecule has 2 aromatic rings. The van der Waals surface area contributed by atoms with Gasteiger partial charge in [-0.05, 0) is 56.8 Å². The second-order valence-corrected chi connectivity index (χ2v) is 7.96. The second-order valence-electron chi connectivity index (χ2n) is 7.96. The lowest BCUT2D eigenvalue weighted by Gasteiger charge is -2.31. The number of hydrogen-bond donors (Lipinski definition) is 2. The number of aryl methyl sites for hydroxylation is 1. The summed E-state index contributed by atoms with van der Waals surface area (Å²) >= 11 is 0. The van der Waals surface area contributed by atoms with Gasteiger partial charge in [-0.2, -0.15) is 5.10 Å². The highest BCUT2D eigenvalue weighted by Gasteiger charge is 2.39. The summed E-state index contributed by atoms with van der Waals surface area (Å²) in [6.07, 6.45) is 3.87. The molecular weight excluding hydrogens is 394 g/mol. The lowest BCUT2D eigenvalue weighted by atomic mass is 9.96. The summed E-state index contributed by atoms with van der Waals surface area (Å²) in [4.78, 5) is 27.8. The number of carbonyl (C=O) groups excluding carboxylic acids is 1. The first-order valence-corrected chi connectivity index (χ1v) is 10.8. The van der Waals surface area contributed by atoms with E-state index in [1.807, 2.05) is 22.9 Å². The monoisotopic (exact) mass is 425 g/mol.